The van der Waals surface area contributed by atoms with Crippen molar-refractivity contribution in [3.8, 4) is 16.3 Å². The summed E-state index contributed by atoms with van der Waals surface area (Å²) in [4.78, 5) is 34.4. The smallest absolute Gasteiger partial charge is 0.322 e. The number of para-hydroxylation sites is 2. The molecule has 36 heavy (non-hydrogen) atoms. The number of nitrogens with one attached hydrogen (secondary N) is 1. The Labute approximate surface area is 210 Å². The molecule has 0 radical (unpaired) electrons. The van der Waals surface area contributed by atoms with Gasteiger partial charge in [-0.1, -0.05) is 35.6 Å². The van der Waals surface area contributed by atoms with E-state index in [0.717, 1.165) is 0 Å². The van der Waals surface area contributed by atoms with Gasteiger partial charge in [0.1, 0.15) is 16.6 Å². The fourth-order valence-corrected chi connectivity index (χ4v) is 4.98. The van der Waals surface area contributed by atoms with Gasteiger partial charge in [0.15, 0.2) is 0 Å². The number of amides is 2. The highest BCUT2D eigenvalue weighted by atomic mass is 32.1. The number of aromatic nitrogens is 3. The van der Waals surface area contributed by atoms with Gasteiger partial charge < -0.3 is 15.0 Å². The Morgan fingerprint density at radius 1 is 1.11 bits per heavy atom. The Morgan fingerprint density at radius 2 is 1.92 bits per heavy atom. The van der Waals surface area contributed by atoms with Crippen molar-refractivity contribution in [1.82, 2.24) is 24.4 Å². The zero-order valence-corrected chi connectivity index (χ0v) is 20.5. The summed E-state index contributed by atoms with van der Waals surface area (Å²) in [6, 6.07) is 14.8. The van der Waals surface area contributed by atoms with Gasteiger partial charge in [0.05, 0.1) is 18.0 Å². The molecule has 5 rings (SSSR count). The van der Waals surface area contributed by atoms with Crippen molar-refractivity contribution in [3.05, 3.63) is 76.5 Å². The highest BCUT2D eigenvalue weighted by molar-refractivity contribution is 7.19. The first kappa shape index (κ1) is 23.9. The summed E-state index contributed by atoms with van der Waals surface area (Å²) >= 11 is 1.24. The van der Waals surface area contributed by atoms with Crippen molar-refractivity contribution in [1.29, 1.82) is 0 Å². The summed E-state index contributed by atoms with van der Waals surface area (Å²) in [6.45, 7) is 5.31. The number of hydrogen-bond acceptors (Lipinski definition) is 7. The largest absolute Gasteiger partial charge is 0.492 e. The molecule has 1 aliphatic rings. The van der Waals surface area contributed by atoms with Gasteiger partial charge in [-0.2, -0.15) is 9.61 Å². The first-order chi connectivity index (χ1) is 17.5. The number of fused-ring (bicyclic) bond motifs is 1. The Balaban J connectivity index is 1.22. The molecule has 9 nitrogen and oxygen atoms in total. The van der Waals surface area contributed by atoms with Gasteiger partial charge in [-0.15, -0.1) is 0 Å². The van der Waals surface area contributed by atoms with Gasteiger partial charge >= 0.3 is 6.03 Å². The van der Waals surface area contributed by atoms with Crippen molar-refractivity contribution in [2.75, 3.05) is 38.1 Å². The summed E-state index contributed by atoms with van der Waals surface area (Å²) < 4.78 is 20.4. The summed E-state index contributed by atoms with van der Waals surface area (Å²) in [5, 5.41) is 7.78. The van der Waals surface area contributed by atoms with Gasteiger partial charge in [0.2, 0.25) is 4.96 Å². The number of ether oxygens (including phenoxy) is 1. The van der Waals surface area contributed by atoms with E-state index in [-0.39, 0.29) is 17.4 Å². The number of hydrogen-bond donors (Lipinski definition) is 1. The predicted octanol–water partition coefficient (Wildman–Crippen LogP) is 3.71. The molecule has 2 aromatic carbocycles. The van der Waals surface area contributed by atoms with Crippen LogP contribution in [0, 0.1) is 5.82 Å². The SMILES string of the molecule is CCOc1ccccc1NC(=O)N1CCN(Cc2cc(=O)n3nc(-c4cccc(F)c4)sc3n2)CC1. The van der Waals surface area contributed by atoms with Crippen molar-refractivity contribution in [2.24, 2.45) is 0 Å². The van der Waals surface area contributed by atoms with Crippen LogP contribution in [0.1, 0.15) is 12.6 Å². The summed E-state index contributed by atoms with van der Waals surface area (Å²) in [5.74, 6) is 0.280. The van der Waals surface area contributed by atoms with Crippen molar-refractivity contribution in [2.45, 2.75) is 13.5 Å². The minimum Gasteiger partial charge on any atom is -0.492 e. The second-order valence-corrected chi connectivity index (χ2v) is 9.28. The standard InChI is InChI=1S/C25H25FN6O3S/c1-2-35-21-9-4-3-8-20(21)28-24(34)31-12-10-30(11-13-31)16-19-15-22(33)32-25(27-19)36-23(29-32)17-6-5-7-18(26)14-17/h3-9,14-15H,2,10-13,16H2,1H3,(H,28,34). The van der Waals surface area contributed by atoms with Crippen LogP contribution >= 0.6 is 11.3 Å². The molecule has 0 bridgehead atoms. The highest BCUT2D eigenvalue weighted by Crippen LogP contribution is 2.26. The van der Waals surface area contributed by atoms with Crippen LogP contribution in [0.5, 0.6) is 5.75 Å². The van der Waals surface area contributed by atoms with E-state index in [4.69, 9.17) is 4.74 Å². The van der Waals surface area contributed by atoms with E-state index in [9.17, 15) is 14.0 Å². The Morgan fingerprint density at radius 3 is 2.69 bits per heavy atom. The van der Waals surface area contributed by atoms with Crippen LogP contribution in [0.4, 0.5) is 14.9 Å². The third kappa shape index (κ3) is 5.21. The van der Waals surface area contributed by atoms with Crippen LogP contribution in [-0.2, 0) is 6.54 Å². The molecule has 2 amide bonds. The van der Waals surface area contributed by atoms with Crippen molar-refractivity contribution in [3.63, 3.8) is 0 Å². The maximum Gasteiger partial charge on any atom is 0.322 e. The maximum absolute atomic E-state index is 13.6. The molecule has 0 unspecified atom stereocenters. The average molecular weight is 509 g/mol. The topological polar surface area (TPSA) is 92.1 Å². The molecule has 1 aliphatic heterocycles. The fraction of sp³-hybridized carbons (Fsp3) is 0.280. The molecular weight excluding hydrogens is 483 g/mol. The zero-order chi connectivity index (χ0) is 25.1. The number of anilines is 1. The molecule has 3 heterocycles. The third-order valence-electron chi connectivity index (χ3n) is 5.84. The number of piperazine rings is 1. The van der Waals surface area contributed by atoms with E-state index >= 15 is 0 Å². The lowest BCUT2D eigenvalue weighted by atomic mass is 10.2. The molecule has 1 N–H and O–H groups in total. The quantitative estimate of drug-likeness (QED) is 0.427. The number of rotatable bonds is 6. The summed E-state index contributed by atoms with van der Waals surface area (Å²) in [6.07, 6.45) is 0. The molecule has 1 saturated heterocycles. The molecule has 11 heteroatoms. The normalized spacial score (nSPS) is 14.2. The number of nitrogens with zero attached hydrogens (tertiary/aromatic N) is 5. The highest BCUT2D eigenvalue weighted by Gasteiger charge is 2.23. The van der Waals surface area contributed by atoms with Crippen LogP contribution < -0.4 is 15.6 Å². The fourth-order valence-electron chi connectivity index (χ4n) is 4.06. The second kappa shape index (κ2) is 10.4. The summed E-state index contributed by atoms with van der Waals surface area (Å²) in [5.41, 5.74) is 1.61. The van der Waals surface area contributed by atoms with Crippen molar-refractivity contribution >= 4 is 28.0 Å². The molecule has 186 valence electrons. The third-order valence-corrected chi connectivity index (χ3v) is 6.80. The van der Waals surface area contributed by atoms with E-state index in [1.807, 2.05) is 31.2 Å². The lowest BCUT2D eigenvalue weighted by molar-refractivity contribution is 0.142. The van der Waals surface area contributed by atoms with Gasteiger partial charge in [0, 0.05) is 44.4 Å². The number of halogens is 1. The molecule has 0 atom stereocenters. The van der Waals surface area contributed by atoms with E-state index < -0.39 is 0 Å². The monoisotopic (exact) mass is 508 g/mol. The zero-order valence-electron chi connectivity index (χ0n) is 19.7. The molecule has 0 aliphatic carbocycles. The molecule has 4 aromatic rings. The van der Waals surface area contributed by atoms with E-state index in [1.54, 1.807) is 17.0 Å². The van der Waals surface area contributed by atoms with Crippen LogP contribution in [0.2, 0.25) is 0 Å². The van der Waals surface area contributed by atoms with Crippen LogP contribution in [0.15, 0.2) is 59.4 Å². The number of carbonyl (C=O) groups excluding carboxylic acids is 1. The lowest BCUT2D eigenvalue weighted by Gasteiger charge is -2.34. The second-order valence-electron chi connectivity index (χ2n) is 8.32. The Bertz CT molecular complexity index is 1450. The first-order valence-corrected chi connectivity index (χ1v) is 12.5. The predicted molar refractivity (Wildman–Crippen MR) is 136 cm³/mol. The van der Waals surface area contributed by atoms with Crippen LogP contribution in [-0.4, -0.2) is 63.2 Å². The molecular formula is C25H25FN6O3S. The van der Waals surface area contributed by atoms with E-state index in [1.165, 1.54) is 34.1 Å². The Kier molecular flexibility index (Phi) is 6.92. The minimum absolute atomic E-state index is 0.172. The maximum atomic E-state index is 13.6. The van der Waals surface area contributed by atoms with Crippen LogP contribution in [0.3, 0.4) is 0 Å². The van der Waals surface area contributed by atoms with E-state index in [0.29, 0.717) is 72.0 Å². The van der Waals surface area contributed by atoms with E-state index in [2.05, 4.69) is 20.3 Å². The average Bonchev–Trinajstić information content (AvgIpc) is 3.31. The molecule has 1 fully saturated rings. The molecule has 0 saturated carbocycles. The van der Waals surface area contributed by atoms with Gasteiger partial charge in [-0.25, -0.2) is 14.2 Å². The van der Waals surface area contributed by atoms with Crippen LogP contribution in [0.25, 0.3) is 15.5 Å². The number of urea groups is 1. The first-order valence-electron chi connectivity index (χ1n) is 11.7. The van der Waals surface area contributed by atoms with Gasteiger partial charge in [-0.3, -0.25) is 9.69 Å². The number of benzene rings is 2. The minimum atomic E-state index is -0.362. The number of carbonyl (C=O) groups is 1. The van der Waals surface area contributed by atoms with Crippen molar-refractivity contribution < 1.29 is 13.9 Å². The Hall–Kier alpha value is -3.83. The van der Waals surface area contributed by atoms with Gasteiger partial charge in [-0.05, 0) is 31.2 Å². The summed E-state index contributed by atoms with van der Waals surface area (Å²) in [7, 11) is 0. The molecule has 0 spiro atoms. The lowest BCUT2D eigenvalue weighted by Crippen LogP contribution is -2.49. The molecule has 2 aromatic heterocycles. The van der Waals surface area contributed by atoms with Gasteiger partial charge in [0.25, 0.3) is 5.56 Å².